The van der Waals surface area contributed by atoms with E-state index in [2.05, 4.69) is 13.7 Å². The van der Waals surface area contributed by atoms with E-state index in [1.165, 1.54) is 0 Å². The zero-order valence-corrected chi connectivity index (χ0v) is 5.68. The summed E-state index contributed by atoms with van der Waals surface area (Å²) in [6, 6.07) is 0. The van der Waals surface area contributed by atoms with E-state index in [0.717, 1.165) is 21.3 Å². The van der Waals surface area contributed by atoms with Crippen molar-refractivity contribution in [2.45, 2.75) is 6.92 Å². The minimum Gasteiger partial charge on any atom is -0.435 e. The lowest BCUT2D eigenvalue weighted by Crippen LogP contribution is -1.94. The zero-order valence-electron chi connectivity index (χ0n) is 5.68. The molecule has 0 aromatic heterocycles. The van der Waals surface area contributed by atoms with Gasteiger partial charge in [0, 0.05) is 6.61 Å². The van der Waals surface area contributed by atoms with Gasteiger partial charge in [-0.05, 0) is 6.92 Å². The number of rotatable bonds is 4. The summed E-state index contributed by atoms with van der Waals surface area (Å²) in [6.45, 7) is 2.81. The molecule has 0 amide bonds. The van der Waals surface area contributed by atoms with Crippen LogP contribution in [0, 0.1) is 0 Å². The van der Waals surface area contributed by atoms with E-state index in [0.29, 0.717) is 0 Å². The zero-order chi connectivity index (χ0) is 6.24. The Labute approximate surface area is 53.4 Å². The van der Waals surface area contributed by atoms with Gasteiger partial charge >= 0.3 is 0 Å². The molecule has 8 heavy (non-hydrogen) atoms. The Morgan fingerprint density at radius 2 is 2.38 bits per heavy atom. The van der Waals surface area contributed by atoms with Gasteiger partial charge in [-0.25, -0.2) is 0 Å². The molecule has 0 aliphatic carbocycles. The largest absolute Gasteiger partial charge is 0.435 e. The Hall–Kier alpha value is -0.105. The molecule has 0 rings (SSSR count). The Balaban J connectivity index is 2.80. The second-order valence-corrected chi connectivity index (χ2v) is 1.54. The minimum atomic E-state index is 0.768. The second-order valence-electron chi connectivity index (χ2n) is 1.54. The molecule has 0 saturated heterocycles. The van der Waals surface area contributed by atoms with Crippen molar-refractivity contribution < 1.29 is 4.65 Å². The smallest absolute Gasteiger partial charge is 0.300 e. The second kappa shape index (κ2) is 6.89. The lowest BCUT2D eigenvalue weighted by molar-refractivity contribution is 0.366. The molecule has 0 aromatic rings. The highest BCUT2D eigenvalue weighted by molar-refractivity contribution is 6.92. The molecule has 0 saturated carbocycles. The van der Waals surface area contributed by atoms with Gasteiger partial charge in [-0.1, -0.05) is 0 Å². The standard InChI is InChI=1S/C4H11B3O/c1-2-8-7-4-3-6-5/h3-4,6-7H,2,5H2,1H3/b4-3+. The van der Waals surface area contributed by atoms with E-state index in [-0.39, 0.29) is 0 Å². The van der Waals surface area contributed by atoms with Gasteiger partial charge in [0.25, 0.3) is 7.48 Å². The molecule has 0 aromatic carbocycles. The highest BCUT2D eigenvalue weighted by atomic mass is 16.4. The molecule has 0 spiro atoms. The maximum Gasteiger partial charge on any atom is 0.300 e. The van der Waals surface area contributed by atoms with Crippen LogP contribution in [0.25, 0.3) is 0 Å². The Morgan fingerprint density at radius 3 is 2.88 bits per heavy atom. The van der Waals surface area contributed by atoms with Gasteiger partial charge in [-0.3, -0.25) is 0 Å². The first-order chi connectivity index (χ1) is 3.91. The molecule has 0 bridgehead atoms. The van der Waals surface area contributed by atoms with Crippen molar-refractivity contribution in [1.29, 1.82) is 0 Å². The molecule has 0 heterocycles. The fourth-order valence-corrected chi connectivity index (χ4v) is 0.421. The van der Waals surface area contributed by atoms with E-state index < -0.39 is 0 Å². The third kappa shape index (κ3) is 5.89. The molecule has 0 atom stereocenters. The van der Waals surface area contributed by atoms with Crippen LogP contribution in [0.4, 0.5) is 0 Å². The quantitative estimate of drug-likeness (QED) is 0.325. The summed E-state index contributed by atoms with van der Waals surface area (Å²) in [5, 5.41) is 0. The number of hydrogen-bond acceptors (Lipinski definition) is 1. The Kier molecular flexibility index (Phi) is 6.80. The fraction of sp³-hybridized carbons (Fsp3) is 0.500. The van der Waals surface area contributed by atoms with Crippen molar-refractivity contribution in [3.05, 3.63) is 12.0 Å². The molecular formula is C4H11B3O. The number of hydrogen-bond donors (Lipinski definition) is 0. The van der Waals surface area contributed by atoms with Crippen LogP contribution in [0.5, 0.6) is 0 Å². The molecular weight excluding hydrogens is 96.5 g/mol. The Morgan fingerprint density at radius 1 is 1.62 bits per heavy atom. The molecule has 0 unspecified atom stereocenters. The molecule has 0 aliphatic rings. The summed E-state index contributed by atoms with van der Waals surface area (Å²) >= 11 is 0. The molecule has 0 radical (unpaired) electrons. The third-order valence-electron chi connectivity index (χ3n) is 0.821. The lowest BCUT2D eigenvalue weighted by Gasteiger charge is -1.88. The average molecular weight is 108 g/mol. The van der Waals surface area contributed by atoms with E-state index in [1.807, 2.05) is 12.9 Å². The predicted molar refractivity (Wildman–Crippen MR) is 43.6 cm³/mol. The maximum atomic E-state index is 5.05. The average Bonchev–Trinajstić information content (AvgIpc) is 1.81. The first kappa shape index (κ1) is 7.89. The molecule has 0 aliphatic heterocycles. The summed E-state index contributed by atoms with van der Waals surface area (Å²) in [5.74, 6) is 4.15. The highest BCUT2D eigenvalue weighted by Crippen LogP contribution is 1.69. The van der Waals surface area contributed by atoms with Crippen LogP contribution in [0.1, 0.15) is 6.92 Å². The van der Waals surface area contributed by atoms with Gasteiger partial charge in [0.2, 0.25) is 0 Å². The van der Waals surface area contributed by atoms with Crippen LogP contribution in [-0.4, -0.2) is 29.0 Å². The topological polar surface area (TPSA) is 9.23 Å². The molecule has 1 nitrogen and oxygen atoms in total. The Bertz CT molecular complexity index is 64.3. The van der Waals surface area contributed by atoms with E-state index in [1.54, 1.807) is 0 Å². The first-order valence-corrected chi connectivity index (χ1v) is 3.14. The van der Waals surface area contributed by atoms with Crippen molar-refractivity contribution >= 4 is 22.4 Å². The highest BCUT2D eigenvalue weighted by Gasteiger charge is 1.77. The van der Waals surface area contributed by atoms with Crippen LogP contribution in [0.2, 0.25) is 0 Å². The van der Waals surface area contributed by atoms with Crippen LogP contribution in [-0.2, 0) is 4.65 Å². The van der Waals surface area contributed by atoms with Crippen molar-refractivity contribution in [2.75, 3.05) is 6.61 Å². The van der Waals surface area contributed by atoms with Crippen molar-refractivity contribution in [3.63, 3.8) is 0 Å². The normalized spacial score (nSPS) is 9.62. The van der Waals surface area contributed by atoms with Crippen molar-refractivity contribution in [1.82, 2.24) is 0 Å². The lowest BCUT2D eigenvalue weighted by atomic mass is 9.55. The van der Waals surface area contributed by atoms with E-state index >= 15 is 0 Å². The summed E-state index contributed by atoms with van der Waals surface area (Å²) < 4.78 is 5.05. The third-order valence-corrected chi connectivity index (χ3v) is 0.821. The first-order valence-electron chi connectivity index (χ1n) is 3.14. The molecule has 42 valence electrons. The van der Waals surface area contributed by atoms with Crippen LogP contribution < -0.4 is 0 Å². The summed E-state index contributed by atoms with van der Waals surface area (Å²) in [4.78, 5) is 0. The molecule has 0 N–H and O–H groups in total. The predicted octanol–water partition coefficient (Wildman–Crippen LogP) is -1.17. The van der Waals surface area contributed by atoms with Gasteiger partial charge in [0.05, 0.1) is 7.74 Å². The molecule has 0 fully saturated rings. The van der Waals surface area contributed by atoms with Crippen LogP contribution in [0.3, 0.4) is 0 Å². The van der Waals surface area contributed by atoms with Gasteiger partial charge < -0.3 is 4.65 Å². The van der Waals surface area contributed by atoms with Gasteiger partial charge in [0.15, 0.2) is 0 Å². The van der Waals surface area contributed by atoms with Crippen molar-refractivity contribution in [2.24, 2.45) is 0 Å². The minimum absolute atomic E-state index is 0.768. The summed E-state index contributed by atoms with van der Waals surface area (Å²) in [7, 11) is 3.99. The van der Waals surface area contributed by atoms with E-state index in [4.69, 9.17) is 4.65 Å². The van der Waals surface area contributed by atoms with Gasteiger partial charge in [0.1, 0.15) is 7.17 Å². The van der Waals surface area contributed by atoms with E-state index in [9.17, 15) is 0 Å². The fourth-order valence-electron chi connectivity index (χ4n) is 0.421. The van der Waals surface area contributed by atoms with Crippen LogP contribution in [0.15, 0.2) is 12.0 Å². The van der Waals surface area contributed by atoms with Gasteiger partial charge in [-0.2, -0.15) is 0 Å². The summed E-state index contributed by atoms with van der Waals surface area (Å²) in [6.07, 6.45) is 0. The maximum absolute atomic E-state index is 5.05. The monoisotopic (exact) mass is 108 g/mol. The van der Waals surface area contributed by atoms with Crippen LogP contribution >= 0.6 is 0 Å². The SMILES string of the molecule is BB/C=C/BOCC. The van der Waals surface area contributed by atoms with Gasteiger partial charge in [-0.15, -0.1) is 12.0 Å². The molecule has 4 heteroatoms. The van der Waals surface area contributed by atoms with Crippen molar-refractivity contribution in [3.8, 4) is 0 Å². The summed E-state index contributed by atoms with van der Waals surface area (Å²) in [5.41, 5.74) is 0.